The molecule has 22 heavy (non-hydrogen) atoms. The zero-order chi connectivity index (χ0) is 14.7. The van der Waals surface area contributed by atoms with Gasteiger partial charge in [-0.15, -0.1) is 12.4 Å². The van der Waals surface area contributed by atoms with Crippen molar-refractivity contribution in [3.05, 3.63) is 42.0 Å². The average molecular weight is 321 g/mol. The fraction of sp³-hybridized carbons (Fsp3) is 0.353. The monoisotopic (exact) mass is 320 g/mol. The average Bonchev–Trinajstić information content (AvgIpc) is 2.82. The van der Waals surface area contributed by atoms with E-state index in [1.165, 1.54) is 0 Å². The largest absolute Gasteiger partial charge is 0.496 e. The molecule has 3 rings (SSSR count). The third kappa shape index (κ3) is 3.18. The fourth-order valence-electron chi connectivity index (χ4n) is 2.86. The van der Waals surface area contributed by atoms with Gasteiger partial charge < -0.3 is 15.0 Å². The van der Waals surface area contributed by atoms with Crippen molar-refractivity contribution in [1.29, 1.82) is 0 Å². The number of hydrogen-bond acceptors (Lipinski definition) is 3. The molecule has 0 bridgehead atoms. The summed E-state index contributed by atoms with van der Waals surface area (Å²) in [4.78, 5) is 14.8. The van der Waals surface area contributed by atoms with E-state index in [2.05, 4.69) is 5.32 Å². The zero-order valence-electron chi connectivity index (χ0n) is 12.7. The van der Waals surface area contributed by atoms with E-state index in [0.717, 1.165) is 54.7 Å². The SMILES string of the molecule is COc1ccc(C(=O)N2CCCNCC2)c2ccccc12.Cl. The van der Waals surface area contributed by atoms with Gasteiger partial charge in [0.25, 0.3) is 5.91 Å². The van der Waals surface area contributed by atoms with Crippen molar-refractivity contribution in [2.45, 2.75) is 6.42 Å². The van der Waals surface area contributed by atoms with E-state index in [0.29, 0.717) is 0 Å². The highest BCUT2D eigenvalue weighted by molar-refractivity contribution is 6.08. The Morgan fingerprint density at radius 1 is 1.09 bits per heavy atom. The maximum Gasteiger partial charge on any atom is 0.254 e. The molecule has 1 fully saturated rings. The van der Waals surface area contributed by atoms with Gasteiger partial charge in [-0.2, -0.15) is 0 Å². The predicted molar refractivity (Wildman–Crippen MR) is 91.1 cm³/mol. The standard InChI is InChI=1S/C17H20N2O2.ClH/c1-21-16-8-7-15(13-5-2-3-6-14(13)16)17(20)19-11-4-9-18-10-12-19;/h2-3,5-8,18H,4,9-12H2,1H3;1H. The summed E-state index contributed by atoms with van der Waals surface area (Å²) in [5, 5.41) is 5.27. The van der Waals surface area contributed by atoms with E-state index in [4.69, 9.17) is 4.74 Å². The number of nitrogens with zero attached hydrogens (tertiary/aromatic N) is 1. The fourth-order valence-corrected chi connectivity index (χ4v) is 2.86. The molecule has 1 aliphatic heterocycles. The lowest BCUT2D eigenvalue weighted by atomic mass is 10.0. The summed E-state index contributed by atoms with van der Waals surface area (Å²) in [7, 11) is 1.66. The van der Waals surface area contributed by atoms with Crippen LogP contribution in [0.15, 0.2) is 36.4 Å². The molecule has 1 saturated heterocycles. The number of halogens is 1. The summed E-state index contributed by atoms with van der Waals surface area (Å²) < 4.78 is 5.39. The predicted octanol–water partition coefficient (Wildman–Crippen LogP) is 2.71. The van der Waals surface area contributed by atoms with E-state index in [-0.39, 0.29) is 18.3 Å². The van der Waals surface area contributed by atoms with Crippen LogP contribution in [0.4, 0.5) is 0 Å². The molecular formula is C17H21ClN2O2. The van der Waals surface area contributed by atoms with Crippen LogP contribution in [0.3, 0.4) is 0 Å². The normalized spacial score (nSPS) is 15.0. The molecule has 0 aliphatic carbocycles. The Labute approximate surface area is 136 Å². The highest BCUT2D eigenvalue weighted by Gasteiger charge is 2.19. The lowest BCUT2D eigenvalue weighted by Gasteiger charge is -2.21. The number of ether oxygens (including phenoxy) is 1. The molecule has 1 N–H and O–H groups in total. The van der Waals surface area contributed by atoms with Crippen LogP contribution in [0.5, 0.6) is 5.75 Å². The zero-order valence-corrected chi connectivity index (χ0v) is 13.5. The molecule has 2 aromatic rings. The molecule has 1 aliphatic rings. The second kappa shape index (κ2) is 7.47. The Morgan fingerprint density at radius 3 is 2.64 bits per heavy atom. The van der Waals surface area contributed by atoms with Gasteiger partial charge in [-0.1, -0.05) is 24.3 Å². The second-order valence-electron chi connectivity index (χ2n) is 5.26. The maximum absolute atomic E-state index is 12.8. The smallest absolute Gasteiger partial charge is 0.254 e. The minimum absolute atomic E-state index is 0. The second-order valence-corrected chi connectivity index (χ2v) is 5.26. The minimum atomic E-state index is 0. The van der Waals surface area contributed by atoms with E-state index < -0.39 is 0 Å². The van der Waals surface area contributed by atoms with Crippen LogP contribution in [0.1, 0.15) is 16.8 Å². The Kier molecular flexibility index (Phi) is 5.63. The number of carbonyl (C=O) groups is 1. The lowest BCUT2D eigenvalue weighted by Crippen LogP contribution is -2.34. The van der Waals surface area contributed by atoms with Crippen LogP contribution in [-0.4, -0.2) is 44.1 Å². The van der Waals surface area contributed by atoms with Crippen LogP contribution in [0.2, 0.25) is 0 Å². The molecule has 0 radical (unpaired) electrons. The number of amides is 1. The highest BCUT2D eigenvalue weighted by Crippen LogP contribution is 2.29. The third-order valence-electron chi connectivity index (χ3n) is 3.96. The number of methoxy groups -OCH3 is 1. The summed E-state index contributed by atoms with van der Waals surface area (Å²) in [6, 6.07) is 11.7. The first-order valence-electron chi connectivity index (χ1n) is 7.37. The molecule has 118 valence electrons. The van der Waals surface area contributed by atoms with Crippen LogP contribution in [0, 0.1) is 0 Å². The van der Waals surface area contributed by atoms with Gasteiger partial charge >= 0.3 is 0 Å². The quantitative estimate of drug-likeness (QED) is 0.925. The van der Waals surface area contributed by atoms with E-state index in [9.17, 15) is 4.79 Å². The van der Waals surface area contributed by atoms with E-state index in [1.807, 2.05) is 41.3 Å². The van der Waals surface area contributed by atoms with Gasteiger partial charge in [0.15, 0.2) is 0 Å². The molecule has 1 amide bonds. The van der Waals surface area contributed by atoms with Crippen LogP contribution in [-0.2, 0) is 0 Å². The van der Waals surface area contributed by atoms with Gasteiger partial charge in [0.05, 0.1) is 7.11 Å². The summed E-state index contributed by atoms with van der Waals surface area (Å²) in [5.41, 5.74) is 0.758. The van der Waals surface area contributed by atoms with Gasteiger partial charge in [-0.3, -0.25) is 4.79 Å². The molecule has 1 heterocycles. The lowest BCUT2D eigenvalue weighted by molar-refractivity contribution is 0.0768. The highest BCUT2D eigenvalue weighted by atomic mass is 35.5. The van der Waals surface area contributed by atoms with Crippen LogP contribution in [0.25, 0.3) is 10.8 Å². The topological polar surface area (TPSA) is 41.6 Å². The Bertz CT molecular complexity index is 652. The molecule has 0 aromatic heterocycles. The number of fused-ring (bicyclic) bond motifs is 1. The van der Waals surface area contributed by atoms with Gasteiger partial charge in [0.1, 0.15) is 5.75 Å². The van der Waals surface area contributed by atoms with Crippen molar-refractivity contribution in [2.75, 3.05) is 33.3 Å². The van der Waals surface area contributed by atoms with Gasteiger partial charge in [0.2, 0.25) is 0 Å². The van der Waals surface area contributed by atoms with Gasteiger partial charge in [-0.05, 0) is 30.5 Å². The minimum Gasteiger partial charge on any atom is -0.496 e. The van der Waals surface area contributed by atoms with E-state index in [1.54, 1.807) is 7.11 Å². The number of hydrogen-bond donors (Lipinski definition) is 1. The third-order valence-corrected chi connectivity index (χ3v) is 3.96. The van der Waals surface area contributed by atoms with Crippen molar-refractivity contribution < 1.29 is 9.53 Å². The maximum atomic E-state index is 12.8. The molecule has 5 heteroatoms. The van der Waals surface area contributed by atoms with E-state index >= 15 is 0 Å². The molecular weight excluding hydrogens is 300 g/mol. The Balaban J connectivity index is 0.00000176. The van der Waals surface area contributed by atoms with Crippen molar-refractivity contribution >= 4 is 29.1 Å². The first-order chi connectivity index (χ1) is 10.3. The number of rotatable bonds is 2. The van der Waals surface area contributed by atoms with Gasteiger partial charge in [-0.25, -0.2) is 0 Å². The van der Waals surface area contributed by atoms with Crippen LogP contribution >= 0.6 is 12.4 Å². The van der Waals surface area contributed by atoms with Crippen LogP contribution < -0.4 is 10.1 Å². The molecule has 0 spiro atoms. The molecule has 0 atom stereocenters. The molecule has 4 nitrogen and oxygen atoms in total. The van der Waals surface area contributed by atoms with Crippen molar-refractivity contribution in [3.63, 3.8) is 0 Å². The van der Waals surface area contributed by atoms with Crippen molar-refractivity contribution in [1.82, 2.24) is 10.2 Å². The number of nitrogens with one attached hydrogen (secondary N) is 1. The number of carbonyl (C=O) groups excluding carboxylic acids is 1. The Hall–Kier alpha value is -1.78. The number of benzene rings is 2. The summed E-state index contributed by atoms with van der Waals surface area (Å²) in [6.45, 7) is 3.42. The molecule has 2 aromatic carbocycles. The summed E-state index contributed by atoms with van der Waals surface area (Å²) in [6.07, 6.45) is 1.000. The van der Waals surface area contributed by atoms with Crippen molar-refractivity contribution in [2.24, 2.45) is 0 Å². The summed E-state index contributed by atoms with van der Waals surface area (Å²) in [5.74, 6) is 0.914. The molecule has 0 unspecified atom stereocenters. The first-order valence-corrected chi connectivity index (χ1v) is 7.37. The van der Waals surface area contributed by atoms with Crippen molar-refractivity contribution in [3.8, 4) is 5.75 Å². The molecule has 0 saturated carbocycles. The summed E-state index contributed by atoms with van der Waals surface area (Å²) >= 11 is 0. The Morgan fingerprint density at radius 2 is 1.86 bits per heavy atom. The first kappa shape index (κ1) is 16.6. The van der Waals surface area contributed by atoms with Gasteiger partial charge in [0, 0.05) is 30.6 Å².